The first-order chi connectivity index (χ1) is 10.2. The Morgan fingerprint density at radius 1 is 1.24 bits per heavy atom. The van der Waals surface area contributed by atoms with Crippen LogP contribution in [0.4, 0.5) is 0 Å². The fraction of sp³-hybridized carbons (Fsp3) is 0.0625. The summed E-state index contributed by atoms with van der Waals surface area (Å²) in [7, 11) is 0. The predicted molar refractivity (Wildman–Crippen MR) is 87.3 cm³/mol. The maximum Gasteiger partial charge on any atom is 0.252 e. The standard InChI is InChI=1S/C16H12BrNO2S/c17-15-4-2-1-3-14(15)16(19)18-8-13-7-12(10-21-13)11-5-6-20-9-11/h1-7,9-10H,8H2,(H,18,19). The van der Waals surface area contributed by atoms with E-state index >= 15 is 0 Å². The van der Waals surface area contributed by atoms with Gasteiger partial charge in [0.1, 0.15) is 0 Å². The Balaban J connectivity index is 1.66. The first-order valence-corrected chi connectivity index (χ1v) is 8.04. The van der Waals surface area contributed by atoms with Crippen LogP contribution in [0.25, 0.3) is 11.1 Å². The molecule has 0 unspecified atom stereocenters. The highest BCUT2D eigenvalue weighted by atomic mass is 79.9. The Morgan fingerprint density at radius 2 is 2.10 bits per heavy atom. The molecular weight excluding hydrogens is 350 g/mol. The summed E-state index contributed by atoms with van der Waals surface area (Å²) in [5.74, 6) is -0.0827. The summed E-state index contributed by atoms with van der Waals surface area (Å²) < 4.78 is 5.88. The number of nitrogens with one attached hydrogen (secondary N) is 1. The van der Waals surface area contributed by atoms with Crippen LogP contribution in [-0.4, -0.2) is 5.91 Å². The van der Waals surface area contributed by atoms with Crippen molar-refractivity contribution < 1.29 is 9.21 Å². The van der Waals surface area contributed by atoms with Gasteiger partial charge < -0.3 is 9.73 Å². The molecule has 0 radical (unpaired) electrons. The fourth-order valence-corrected chi connectivity index (χ4v) is 3.26. The van der Waals surface area contributed by atoms with Gasteiger partial charge >= 0.3 is 0 Å². The molecule has 3 rings (SSSR count). The van der Waals surface area contributed by atoms with Crippen LogP contribution in [-0.2, 0) is 6.54 Å². The van der Waals surface area contributed by atoms with E-state index in [1.165, 1.54) is 0 Å². The Kier molecular flexibility index (Phi) is 4.22. The van der Waals surface area contributed by atoms with Crippen molar-refractivity contribution in [3.63, 3.8) is 0 Å². The molecule has 106 valence electrons. The fourth-order valence-electron chi connectivity index (χ4n) is 1.96. The van der Waals surface area contributed by atoms with Crippen LogP contribution in [0.3, 0.4) is 0 Å². The molecule has 0 saturated carbocycles. The SMILES string of the molecule is O=C(NCc1cc(-c2ccoc2)cs1)c1ccccc1Br. The van der Waals surface area contributed by atoms with Crippen molar-refractivity contribution in [3.05, 3.63) is 69.2 Å². The summed E-state index contributed by atoms with van der Waals surface area (Å²) in [6.45, 7) is 0.517. The van der Waals surface area contributed by atoms with Crippen molar-refractivity contribution in [3.8, 4) is 11.1 Å². The molecule has 0 saturated heterocycles. The lowest BCUT2D eigenvalue weighted by molar-refractivity contribution is 0.0950. The van der Waals surface area contributed by atoms with Crippen molar-refractivity contribution in [1.29, 1.82) is 0 Å². The molecule has 3 aromatic rings. The molecule has 0 bridgehead atoms. The minimum Gasteiger partial charge on any atom is -0.472 e. The molecule has 5 heteroatoms. The first-order valence-electron chi connectivity index (χ1n) is 6.37. The van der Waals surface area contributed by atoms with E-state index in [-0.39, 0.29) is 5.91 Å². The van der Waals surface area contributed by atoms with Gasteiger partial charge in [-0.15, -0.1) is 11.3 Å². The molecule has 0 fully saturated rings. The van der Waals surface area contributed by atoms with Crippen molar-refractivity contribution in [2.45, 2.75) is 6.54 Å². The van der Waals surface area contributed by atoms with Gasteiger partial charge in [-0.3, -0.25) is 4.79 Å². The molecule has 0 aliphatic rings. The molecule has 0 aliphatic heterocycles. The zero-order chi connectivity index (χ0) is 14.7. The second kappa shape index (κ2) is 6.28. The van der Waals surface area contributed by atoms with E-state index in [4.69, 9.17) is 4.42 Å². The van der Waals surface area contributed by atoms with E-state index in [1.54, 1.807) is 29.9 Å². The number of hydrogen-bond acceptors (Lipinski definition) is 3. The summed E-state index contributed by atoms with van der Waals surface area (Å²) in [5, 5.41) is 4.99. The summed E-state index contributed by atoms with van der Waals surface area (Å²) in [6.07, 6.45) is 3.37. The van der Waals surface area contributed by atoms with Crippen molar-refractivity contribution >= 4 is 33.2 Å². The van der Waals surface area contributed by atoms with Gasteiger partial charge in [0.25, 0.3) is 5.91 Å². The zero-order valence-corrected chi connectivity index (χ0v) is 13.4. The van der Waals surface area contributed by atoms with Crippen molar-refractivity contribution in [1.82, 2.24) is 5.32 Å². The van der Waals surface area contributed by atoms with Gasteiger partial charge in [-0.2, -0.15) is 0 Å². The molecule has 21 heavy (non-hydrogen) atoms. The second-order valence-corrected chi connectivity index (χ2v) is 6.33. The van der Waals surface area contributed by atoms with E-state index in [9.17, 15) is 4.79 Å². The van der Waals surface area contributed by atoms with E-state index < -0.39 is 0 Å². The van der Waals surface area contributed by atoms with Crippen LogP contribution in [0.2, 0.25) is 0 Å². The van der Waals surface area contributed by atoms with E-state index in [2.05, 4.69) is 32.7 Å². The van der Waals surface area contributed by atoms with Crippen LogP contribution in [0.1, 0.15) is 15.2 Å². The molecular formula is C16H12BrNO2S. The summed E-state index contributed by atoms with van der Waals surface area (Å²) >= 11 is 5.01. The molecule has 0 aliphatic carbocycles. The third kappa shape index (κ3) is 3.25. The Bertz CT molecular complexity index is 749. The summed E-state index contributed by atoms with van der Waals surface area (Å²) in [6, 6.07) is 11.4. The molecule has 0 atom stereocenters. The van der Waals surface area contributed by atoms with Gasteiger partial charge in [-0.05, 0) is 51.1 Å². The molecule has 3 nitrogen and oxygen atoms in total. The topological polar surface area (TPSA) is 42.2 Å². The average molecular weight is 362 g/mol. The lowest BCUT2D eigenvalue weighted by atomic mass is 10.2. The Hall–Kier alpha value is -1.85. The summed E-state index contributed by atoms with van der Waals surface area (Å²) in [5.41, 5.74) is 2.80. The van der Waals surface area contributed by atoms with Crippen molar-refractivity contribution in [2.75, 3.05) is 0 Å². The molecule has 1 amide bonds. The van der Waals surface area contributed by atoms with Gasteiger partial charge in [0, 0.05) is 14.9 Å². The van der Waals surface area contributed by atoms with E-state index in [0.717, 1.165) is 20.5 Å². The maximum atomic E-state index is 12.1. The number of rotatable bonds is 4. The number of thiophene rings is 1. The Morgan fingerprint density at radius 3 is 2.86 bits per heavy atom. The number of furan rings is 1. The zero-order valence-electron chi connectivity index (χ0n) is 11.0. The predicted octanol–water partition coefficient (Wildman–Crippen LogP) is 4.70. The minimum absolute atomic E-state index is 0.0827. The quantitative estimate of drug-likeness (QED) is 0.731. The molecule has 2 heterocycles. The number of carbonyl (C=O) groups is 1. The highest BCUT2D eigenvalue weighted by Gasteiger charge is 2.10. The first kappa shape index (κ1) is 14.1. The van der Waals surface area contributed by atoms with Gasteiger partial charge in [0.15, 0.2) is 0 Å². The van der Waals surface area contributed by atoms with Gasteiger partial charge in [-0.1, -0.05) is 12.1 Å². The number of halogens is 1. The highest BCUT2D eigenvalue weighted by Crippen LogP contribution is 2.26. The van der Waals surface area contributed by atoms with E-state index in [1.807, 2.05) is 24.3 Å². The van der Waals surface area contributed by atoms with Crippen molar-refractivity contribution in [2.24, 2.45) is 0 Å². The van der Waals surface area contributed by atoms with Crippen LogP contribution in [0, 0.1) is 0 Å². The normalized spacial score (nSPS) is 10.5. The lowest BCUT2D eigenvalue weighted by Crippen LogP contribution is -2.22. The van der Waals surface area contributed by atoms with Crippen LogP contribution < -0.4 is 5.32 Å². The number of hydrogen-bond donors (Lipinski definition) is 1. The number of amides is 1. The second-order valence-electron chi connectivity index (χ2n) is 4.48. The third-order valence-electron chi connectivity index (χ3n) is 3.05. The maximum absolute atomic E-state index is 12.1. The molecule has 1 aromatic carbocycles. The minimum atomic E-state index is -0.0827. The average Bonchev–Trinajstić information content (AvgIpc) is 3.16. The number of carbonyl (C=O) groups excluding carboxylic acids is 1. The van der Waals surface area contributed by atoms with Gasteiger partial charge in [0.05, 0.1) is 24.6 Å². The third-order valence-corrected chi connectivity index (χ3v) is 4.68. The van der Waals surface area contributed by atoms with Gasteiger partial charge in [0.2, 0.25) is 0 Å². The van der Waals surface area contributed by atoms with Crippen LogP contribution in [0.5, 0.6) is 0 Å². The largest absolute Gasteiger partial charge is 0.472 e. The Labute approximate surface area is 134 Å². The van der Waals surface area contributed by atoms with Crippen LogP contribution in [0.15, 0.2) is 63.2 Å². The highest BCUT2D eigenvalue weighted by molar-refractivity contribution is 9.10. The smallest absolute Gasteiger partial charge is 0.252 e. The molecule has 0 spiro atoms. The van der Waals surface area contributed by atoms with Gasteiger partial charge in [-0.25, -0.2) is 0 Å². The summed E-state index contributed by atoms with van der Waals surface area (Å²) in [4.78, 5) is 13.2. The molecule has 2 aromatic heterocycles. The lowest BCUT2D eigenvalue weighted by Gasteiger charge is -2.05. The monoisotopic (exact) mass is 361 g/mol. The van der Waals surface area contributed by atoms with Crippen LogP contribution >= 0.6 is 27.3 Å². The molecule has 1 N–H and O–H groups in total. The van der Waals surface area contributed by atoms with E-state index in [0.29, 0.717) is 12.1 Å². The number of benzene rings is 1.